The number of carbonyl (C=O) groups excluding carboxylic acids is 2. The first kappa shape index (κ1) is 14.6. The summed E-state index contributed by atoms with van der Waals surface area (Å²) < 4.78 is 0.795. The van der Waals surface area contributed by atoms with Crippen LogP contribution in [0.2, 0.25) is 0 Å². The van der Waals surface area contributed by atoms with Crippen LogP contribution in [0.4, 0.5) is 5.69 Å². The van der Waals surface area contributed by atoms with Crippen molar-refractivity contribution in [3.05, 3.63) is 38.7 Å². The maximum Gasteiger partial charge on any atom is 0.227 e. The van der Waals surface area contributed by atoms with Gasteiger partial charge in [-0.05, 0) is 36.6 Å². The molecule has 1 aliphatic rings. The second-order valence-corrected chi connectivity index (χ2v) is 5.62. The van der Waals surface area contributed by atoms with E-state index in [0.29, 0.717) is 30.8 Å². The van der Waals surface area contributed by atoms with E-state index in [2.05, 4.69) is 26.0 Å². The molecule has 0 spiro atoms. The molecule has 1 heterocycles. The zero-order chi connectivity index (χ0) is 14.7. The van der Waals surface area contributed by atoms with Crippen molar-refractivity contribution in [2.45, 2.75) is 13.3 Å². The molecule has 104 valence electrons. The van der Waals surface area contributed by atoms with E-state index in [4.69, 9.17) is 5.53 Å². The van der Waals surface area contributed by atoms with Crippen molar-refractivity contribution < 1.29 is 9.59 Å². The molecular weight excluding hydrogens is 324 g/mol. The quantitative estimate of drug-likeness (QED) is 0.365. The van der Waals surface area contributed by atoms with Crippen LogP contribution in [0.1, 0.15) is 23.7 Å². The van der Waals surface area contributed by atoms with Crippen LogP contribution in [0.15, 0.2) is 27.8 Å². The fourth-order valence-electron chi connectivity index (χ4n) is 2.31. The molecule has 6 nitrogen and oxygen atoms in total. The minimum atomic E-state index is -0.0902. The molecule has 1 aromatic rings. The number of rotatable bonds is 4. The van der Waals surface area contributed by atoms with Crippen LogP contribution >= 0.6 is 15.9 Å². The number of amides is 1. The zero-order valence-corrected chi connectivity index (χ0v) is 12.5. The number of ketones is 1. The molecule has 0 aliphatic carbocycles. The molecule has 1 aliphatic heterocycles. The van der Waals surface area contributed by atoms with Gasteiger partial charge in [0.2, 0.25) is 5.91 Å². The number of nitrogens with zero attached hydrogens (tertiary/aromatic N) is 4. The molecular formula is C13H13BrN4O2. The van der Waals surface area contributed by atoms with Gasteiger partial charge in [-0.2, -0.15) is 0 Å². The first-order valence-corrected chi connectivity index (χ1v) is 6.94. The number of Topliss-reactive ketones (excluding diaryl/α,β-unsaturated/α-hetero) is 1. The maximum atomic E-state index is 12.1. The Balaban J connectivity index is 2.30. The topological polar surface area (TPSA) is 86.1 Å². The first-order valence-electron chi connectivity index (χ1n) is 6.14. The van der Waals surface area contributed by atoms with E-state index in [1.807, 2.05) is 0 Å². The molecule has 1 atom stereocenters. The highest BCUT2D eigenvalue weighted by molar-refractivity contribution is 9.10. The van der Waals surface area contributed by atoms with Gasteiger partial charge in [-0.1, -0.05) is 21.0 Å². The summed E-state index contributed by atoms with van der Waals surface area (Å²) in [5.41, 5.74) is 9.46. The Hall–Kier alpha value is -1.85. The highest BCUT2D eigenvalue weighted by Crippen LogP contribution is 2.30. The Kier molecular flexibility index (Phi) is 4.42. The lowest BCUT2D eigenvalue weighted by atomic mass is 10.1. The van der Waals surface area contributed by atoms with E-state index in [0.717, 1.165) is 4.47 Å². The number of halogens is 1. The molecule has 20 heavy (non-hydrogen) atoms. The van der Waals surface area contributed by atoms with Gasteiger partial charge in [0.1, 0.15) is 0 Å². The molecule has 7 heteroatoms. The number of anilines is 1. The summed E-state index contributed by atoms with van der Waals surface area (Å²) in [6.07, 6.45) is 0.340. The van der Waals surface area contributed by atoms with Crippen molar-refractivity contribution in [1.29, 1.82) is 0 Å². The molecule has 1 saturated heterocycles. The summed E-state index contributed by atoms with van der Waals surface area (Å²) in [7, 11) is 0. The summed E-state index contributed by atoms with van der Waals surface area (Å²) in [6, 6.07) is 5.27. The van der Waals surface area contributed by atoms with Crippen molar-refractivity contribution in [3.63, 3.8) is 0 Å². The highest BCUT2D eigenvalue weighted by atomic mass is 79.9. The average molecular weight is 337 g/mol. The van der Waals surface area contributed by atoms with E-state index < -0.39 is 0 Å². The van der Waals surface area contributed by atoms with Crippen molar-refractivity contribution in [1.82, 2.24) is 0 Å². The third-order valence-electron chi connectivity index (χ3n) is 3.24. The Bertz CT molecular complexity index is 610. The van der Waals surface area contributed by atoms with E-state index >= 15 is 0 Å². The van der Waals surface area contributed by atoms with Gasteiger partial charge in [0.15, 0.2) is 5.78 Å². The molecule has 1 aromatic carbocycles. The Morgan fingerprint density at radius 1 is 1.60 bits per heavy atom. The monoisotopic (exact) mass is 336 g/mol. The van der Waals surface area contributed by atoms with Crippen LogP contribution in [-0.4, -0.2) is 24.8 Å². The van der Waals surface area contributed by atoms with Crippen LogP contribution < -0.4 is 4.90 Å². The predicted molar refractivity (Wildman–Crippen MR) is 78.6 cm³/mol. The van der Waals surface area contributed by atoms with Crippen LogP contribution in [0.5, 0.6) is 0 Å². The third-order valence-corrected chi connectivity index (χ3v) is 3.73. The number of carbonyl (C=O) groups is 2. The van der Waals surface area contributed by atoms with Gasteiger partial charge in [0.05, 0.1) is 5.69 Å². The molecule has 2 rings (SSSR count). The van der Waals surface area contributed by atoms with E-state index in [-0.39, 0.29) is 17.6 Å². The van der Waals surface area contributed by atoms with E-state index in [1.54, 1.807) is 23.1 Å². The number of benzene rings is 1. The van der Waals surface area contributed by atoms with Crippen molar-refractivity contribution in [3.8, 4) is 0 Å². The van der Waals surface area contributed by atoms with Gasteiger partial charge >= 0.3 is 0 Å². The van der Waals surface area contributed by atoms with E-state index in [1.165, 1.54) is 6.92 Å². The van der Waals surface area contributed by atoms with Crippen LogP contribution in [0, 0.1) is 5.92 Å². The fourth-order valence-corrected chi connectivity index (χ4v) is 2.68. The lowest BCUT2D eigenvalue weighted by Gasteiger charge is -2.19. The lowest BCUT2D eigenvalue weighted by molar-refractivity contribution is -0.117. The molecule has 1 unspecified atom stereocenters. The van der Waals surface area contributed by atoms with Gasteiger partial charge < -0.3 is 4.90 Å². The smallest absolute Gasteiger partial charge is 0.227 e. The van der Waals surface area contributed by atoms with Gasteiger partial charge in [-0.3, -0.25) is 9.59 Å². The first-order chi connectivity index (χ1) is 9.52. The molecule has 0 aromatic heterocycles. The Labute approximate surface area is 124 Å². The standard InChI is InChI=1S/C13H13BrN4O2/c1-8(19)11-5-10(14)2-3-12(11)18-7-9(4-13(18)20)6-16-17-15/h2-3,5,9H,4,6-7H2,1H3. The Morgan fingerprint density at radius 3 is 3.00 bits per heavy atom. The van der Waals surface area contributed by atoms with Crippen molar-refractivity contribution in [2.24, 2.45) is 11.0 Å². The fraction of sp³-hybridized carbons (Fsp3) is 0.385. The summed E-state index contributed by atoms with van der Waals surface area (Å²) in [4.78, 5) is 28.1. The molecule has 0 bridgehead atoms. The minimum absolute atomic E-state index is 0.00172. The molecule has 0 radical (unpaired) electrons. The number of hydrogen-bond donors (Lipinski definition) is 0. The highest BCUT2D eigenvalue weighted by Gasteiger charge is 2.31. The molecule has 1 fully saturated rings. The van der Waals surface area contributed by atoms with Gasteiger partial charge in [0.25, 0.3) is 0 Å². The summed E-state index contributed by atoms with van der Waals surface area (Å²) in [6.45, 7) is 2.24. The van der Waals surface area contributed by atoms with Crippen molar-refractivity contribution in [2.75, 3.05) is 18.0 Å². The van der Waals surface area contributed by atoms with E-state index in [9.17, 15) is 9.59 Å². The second kappa shape index (κ2) is 6.07. The van der Waals surface area contributed by atoms with Crippen molar-refractivity contribution >= 4 is 33.3 Å². The summed E-state index contributed by atoms with van der Waals surface area (Å²) in [5.74, 6) is -0.137. The molecule has 1 amide bonds. The summed E-state index contributed by atoms with van der Waals surface area (Å²) in [5, 5.41) is 3.52. The Morgan fingerprint density at radius 2 is 2.35 bits per heavy atom. The predicted octanol–water partition coefficient (Wildman–Crippen LogP) is 3.31. The number of azide groups is 1. The molecule has 0 saturated carbocycles. The van der Waals surface area contributed by atoms with Crippen LogP contribution in [-0.2, 0) is 4.79 Å². The normalized spacial score (nSPS) is 18.0. The molecule has 0 N–H and O–H groups in total. The minimum Gasteiger partial charge on any atom is -0.311 e. The SMILES string of the molecule is CC(=O)c1cc(Br)ccc1N1CC(CN=[N+]=[N-])CC1=O. The lowest BCUT2D eigenvalue weighted by Crippen LogP contribution is -2.26. The summed E-state index contributed by atoms with van der Waals surface area (Å²) >= 11 is 3.32. The third kappa shape index (κ3) is 3.00. The largest absolute Gasteiger partial charge is 0.311 e. The second-order valence-electron chi connectivity index (χ2n) is 4.71. The average Bonchev–Trinajstić information content (AvgIpc) is 2.77. The van der Waals surface area contributed by atoms with Gasteiger partial charge in [-0.25, -0.2) is 0 Å². The van der Waals surface area contributed by atoms with Gasteiger partial charge in [0, 0.05) is 34.5 Å². The van der Waals surface area contributed by atoms with Gasteiger partial charge in [-0.15, -0.1) is 0 Å². The van der Waals surface area contributed by atoms with Crippen LogP contribution in [0.3, 0.4) is 0 Å². The van der Waals surface area contributed by atoms with Crippen LogP contribution in [0.25, 0.3) is 10.4 Å². The zero-order valence-electron chi connectivity index (χ0n) is 10.9. The maximum absolute atomic E-state index is 12.1. The number of hydrogen-bond acceptors (Lipinski definition) is 3.